The lowest BCUT2D eigenvalue weighted by Gasteiger charge is -2.39. The van der Waals surface area contributed by atoms with Crippen LogP contribution in [0.15, 0.2) is 0 Å². The fourth-order valence-corrected chi connectivity index (χ4v) is 3.47. The van der Waals surface area contributed by atoms with Crippen molar-refractivity contribution < 1.29 is 4.74 Å². The molecule has 2 fully saturated rings. The molecule has 17 heavy (non-hydrogen) atoms. The molecule has 1 saturated carbocycles. The zero-order valence-corrected chi connectivity index (χ0v) is 11.5. The van der Waals surface area contributed by atoms with E-state index in [-0.39, 0.29) is 0 Å². The molecule has 3 atom stereocenters. The fraction of sp³-hybridized carbons (Fsp3) is 1.00. The maximum atomic E-state index is 5.58. The highest BCUT2D eigenvalue weighted by atomic mass is 16.5. The minimum absolute atomic E-state index is 0.693. The molecule has 0 spiro atoms. The van der Waals surface area contributed by atoms with Crippen molar-refractivity contribution >= 4 is 0 Å². The van der Waals surface area contributed by atoms with Crippen LogP contribution in [0.4, 0.5) is 0 Å². The normalized spacial score (nSPS) is 35.1. The van der Waals surface area contributed by atoms with Crippen LogP contribution in [0.25, 0.3) is 0 Å². The Morgan fingerprint density at radius 2 is 2.00 bits per heavy atom. The number of nitrogens with one attached hydrogen (secondary N) is 1. The zero-order chi connectivity index (χ0) is 12.1. The fourth-order valence-electron chi connectivity index (χ4n) is 3.47. The van der Waals surface area contributed by atoms with Crippen molar-refractivity contribution in [1.29, 1.82) is 0 Å². The van der Waals surface area contributed by atoms with Crippen molar-refractivity contribution in [2.45, 2.75) is 50.6 Å². The third kappa shape index (κ3) is 3.67. The van der Waals surface area contributed by atoms with Crippen LogP contribution in [0, 0.1) is 5.92 Å². The van der Waals surface area contributed by atoms with Crippen molar-refractivity contribution in [3.63, 3.8) is 0 Å². The second-order valence-electron chi connectivity index (χ2n) is 5.77. The van der Waals surface area contributed by atoms with Crippen molar-refractivity contribution in [3.8, 4) is 0 Å². The minimum atomic E-state index is 0.693. The summed E-state index contributed by atoms with van der Waals surface area (Å²) < 4.78 is 5.58. The first-order valence-electron chi connectivity index (χ1n) is 7.26. The van der Waals surface area contributed by atoms with Crippen molar-refractivity contribution in [1.82, 2.24) is 10.2 Å². The zero-order valence-electron chi connectivity index (χ0n) is 11.5. The molecule has 1 N–H and O–H groups in total. The van der Waals surface area contributed by atoms with E-state index in [1.54, 1.807) is 0 Å². The van der Waals surface area contributed by atoms with E-state index in [0.29, 0.717) is 6.04 Å². The highest BCUT2D eigenvalue weighted by Crippen LogP contribution is 2.24. The molecule has 100 valence electrons. The van der Waals surface area contributed by atoms with Crippen LogP contribution in [0.2, 0.25) is 0 Å². The highest BCUT2D eigenvalue weighted by Gasteiger charge is 2.28. The van der Waals surface area contributed by atoms with Crippen LogP contribution in [0.5, 0.6) is 0 Å². The Hall–Kier alpha value is -0.120. The Labute approximate surface area is 106 Å². The van der Waals surface area contributed by atoms with Gasteiger partial charge in [0.05, 0.1) is 6.61 Å². The maximum absolute atomic E-state index is 5.58. The van der Waals surface area contributed by atoms with Gasteiger partial charge < -0.3 is 15.0 Å². The van der Waals surface area contributed by atoms with Gasteiger partial charge >= 0.3 is 0 Å². The van der Waals surface area contributed by atoms with Crippen LogP contribution >= 0.6 is 0 Å². The molecule has 1 saturated heterocycles. The standard InChI is InChI=1S/C14H28N2O/c1-15-13-7-3-4-8-14(13)16(2)10-12-6-5-9-17-11-12/h12-15H,3-11H2,1-2H3. The van der Waals surface area contributed by atoms with E-state index in [1.165, 1.54) is 45.1 Å². The average Bonchev–Trinajstić information content (AvgIpc) is 2.40. The molecule has 3 nitrogen and oxygen atoms in total. The highest BCUT2D eigenvalue weighted by molar-refractivity contribution is 4.87. The third-order valence-electron chi connectivity index (χ3n) is 4.47. The van der Waals surface area contributed by atoms with Gasteiger partial charge in [-0.25, -0.2) is 0 Å². The summed E-state index contributed by atoms with van der Waals surface area (Å²) in [7, 11) is 4.41. The van der Waals surface area contributed by atoms with Crippen LogP contribution in [0.3, 0.4) is 0 Å². The number of hydrogen-bond acceptors (Lipinski definition) is 3. The largest absolute Gasteiger partial charge is 0.381 e. The SMILES string of the molecule is CNC1CCCCC1N(C)CC1CCCOC1. The molecule has 0 amide bonds. The molecule has 1 heterocycles. The second kappa shape index (κ2) is 6.72. The molecule has 1 aliphatic carbocycles. The van der Waals surface area contributed by atoms with Gasteiger partial charge in [0.25, 0.3) is 0 Å². The van der Waals surface area contributed by atoms with Gasteiger partial charge in [0.15, 0.2) is 0 Å². The number of nitrogens with zero attached hydrogens (tertiary/aromatic N) is 1. The molecule has 0 aromatic carbocycles. The Morgan fingerprint density at radius 1 is 1.18 bits per heavy atom. The molecule has 3 unspecified atom stereocenters. The van der Waals surface area contributed by atoms with E-state index in [1.807, 2.05) is 0 Å². The molecule has 2 rings (SSSR count). The molecule has 0 radical (unpaired) electrons. The van der Waals surface area contributed by atoms with Crippen LogP contribution < -0.4 is 5.32 Å². The van der Waals surface area contributed by atoms with Gasteiger partial charge in [-0.2, -0.15) is 0 Å². The predicted octanol–water partition coefficient (Wildman–Crippen LogP) is 1.88. The lowest BCUT2D eigenvalue weighted by molar-refractivity contribution is 0.0296. The maximum Gasteiger partial charge on any atom is 0.0506 e. The smallest absolute Gasteiger partial charge is 0.0506 e. The summed E-state index contributed by atoms with van der Waals surface area (Å²) in [5, 5.41) is 3.50. The topological polar surface area (TPSA) is 24.5 Å². The molecular formula is C14H28N2O. The summed E-state index contributed by atoms with van der Waals surface area (Å²) in [5.41, 5.74) is 0. The molecular weight excluding hydrogens is 212 g/mol. The van der Waals surface area contributed by atoms with Gasteiger partial charge in [-0.15, -0.1) is 0 Å². The van der Waals surface area contributed by atoms with Crippen LogP contribution in [-0.2, 0) is 4.74 Å². The summed E-state index contributed by atoms with van der Waals surface area (Å²) >= 11 is 0. The summed E-state index contributed by atoms with van der Waals surface area (Å²) in [5.74, 6) is 0.758. The predicted molar refractivity (Wildman–Crippen MR) is 71.3 cm³/mol. The first-order valence-corrected chi connectivity index (χ1v) is 7.26. The van der Waals surface area contributed by atoms with Crippen molar-refractivity contribution in [3.05, 3.63) is 0 Å². The number of likely N-dealkylation sites (N-methyl/N-ethyl adjacent to an activating group) is 2. The van der Waals surface area contributed by atoms with Gasteiger partial charge in [-0.05, 0) is 45.7 Å². The molecule has 0 aromatic rings. The van der Waals surface area contributed by atoms with Crippen molar-refractivity contribution in [2.75, 3.05) is 33.9 Å². The summed E-state index contributed by atoms with van der Waals surface area (Å²) in [6.45, 7) is 3.16. The summed E-state index contributed by atoms with van der Waals surface area (Å²) in [4.78, 5) is 2.58. The van der Waals surface area contributed by atoms with E-state index >= 15 is 0 Å². The monoisotopic (exact) mass is 240 g/mol. The Kier molecular flexibility index (Phi) is 5.26. The van der Waals surface area contributed by atoms with Gasteiger partial charge in [0.1, 0.15) is 0 Å². The summed E-state index contributed by atoms with van der Waals surface area (Å²) in [6.07, 6.45) is 8.08. The lowest BCUT2D eigenvalue weighted by atomic mass is 9.88. The molecule has 0 bridgehead atoms. The molecule has 2 aliphatic rings. The Balaban J connectivity index is 1.82. The number of ether oxygens (including phenoxy) is 1. The Bertz CT molecular complexity index is 216. The Morgan fingerprint density at radius 3 is 2.71 bits per heavy atom. The van der Waals surface area contributed by atoms with Gasteiger partial charge in [-0.1, -0.05) is 12.8 Å². The van der Waals surface area contributed by atoms with E-state index in [2.05, 4.69) is 24.3 Å². The second-order valence-corrected chi connectivity index (χ2v) is 5.77. The molecule has 3 heteroatoms. The molecule has 1 aliphatic heterocycles. The van der Waals surface area contributed by atoms with Crippen molar-refractivity contribution in [2.24, 2.45) is 5.92 Å². The number of hydrogen-bond donors (Lipinski definition) is 1. The third-order valence-corrected chi connectivity index (χ3v) is 4.47. The van der Waals surface area contributed by atoms with Crippen LogP contribution in [0.1, 0.15) is 38.5 Å². The van der Waals surface area contributed by atoms with Gasteiger partial charge in [0.2, 0.25) is 0 Å². The van der Waals surface area contributed by atoms with Gasteiger partial charge in [-0.3, -0.25) is 0 Å². The first kappa shape index (κ1) is 13.3. The van der Waals surface area contributed by atoms with E-state index in [0.717, 1.165) is 25.2 Å². The van der Waals surface area contributed by atoms with Gasteiger partial charge in [0, 0.05) is 25.2 Å². The first-order chi connectivity index (χ1) is 8.31. The average molecular weight is 240 g/mol. The van der Waals surface area contributed by atoms with Crippen LogP contribution in [-0.4, -0.2) is 50.8 Å². The minimum Gasteiger partial charge on any atom is -0.381 e. The molecule has 0 aromatic heterocycles. The quantitative estimate of drug-likeness (QED) is 0.812. The van der Waals surface area contributed by atoms with E-state index in [9.17, 15) is 0 Å². The van der Waals surface area contributed by atoms with E-state index in [4.69, 9.17) is 4.74 Å². The van der Waals surface area contributed by atoms with E-state index < -0.39 is 0 Å². The number of rotatable bonds is 4. The lowest BCUT2D eigenvalue weighted by Crippen LogP contribution is -2.51. The summed E-state index contributed by atoms with van der Waals surface area (Å²) in [6, 6.07) is 1.42.